The number of amides is 1. The largest absolute Gasteiger partial charge is 0.548 e. The number of aliphatic carboxylic acids is 1. The number of carbonyl (C=O) groups excluding carboxylic acids is 2. The molecule has 1 aromatic heterocycles. The average Bonchev–Trinajstić information content (AvgIpc) is 2.61. The summed E-state index contributed by atoms with van der Waals surface area (Å²) in [6.45, 7) is 3.29. The quantitative estimate of drug-likeness (QED) is 0.704. The van der Waals surface area contributed by atoms with E-state index in [2.05, 4.69) is 5.32 Å². The number of carboxylic acids is 1. The standard InChI is InChI=1S/C18H21NO7/c1-5-12(17(21)22)19-16(20)7-11-9(2)10-6-14(24-3)15(25-4)8-13(10)26-18(11)23/h6,8,12H,5,7H2,1-4H3,(H,19,20)(H,21,22)/p-1/t12-/m1/s1. The number of methoxy groups -OCH3 is 2. The van der Waals surface area contributed by atoms with Crippen molar-refractivity contribution in [2.75, 3.05) is 14.2 Å². The van der Waals surface area contributed by atoms with Gasteiger partial charge in [0.15, 0.2) is 11.5 Å². The van der Waals surface area contributed by atoms with E-state index in [-0.39, 0.29) is 18.4 Å². The molecule has 0 aliphatic carbocycles. The first kappa shape index (κ1) is 19.3. The predicted molar refractivity (Wildman–Crippen MR) is 91.3 cm³/mol. The van der Waals surface area contributed by atoms with Crippen molar-refractivity contribution >= 4 is 22.8 Å². The van der Waals surface area contributed by atoms with Crippen LogP contribution in [0.15, 0.2) is 21.3 Å². The van der Waals surface area contributed by atoms with Crippen LogP contribution in [-0.4, -0.2) is 32.1 Å². The number of aryl methyl sites for hydroxylation is 1. The Morgan fingerprint density at radius 2 is 1.85 bits per heavy atom. The van der Waals surface area contributed by atoms with E-state index in [1.165, 1.54) is 20.3 Å². The smallest absolute Gasteiger partial charge is 0.340 e. The van der Waals surface area contributed by atoms with Crippen LogP contribution in [0.5, 0.6) is 11.5 Å². The maximum absolute atomic E-state index is 12.3. The van der Waals surface area contributed by atoms with Gasteiger partial charge in [0, 0.05) is 11.5 Å². The van der Waals surface area contributed by atoms with Crippen LogP contribution in [0.4, 0.5) is 0 Å². The molecule has 1 atom stereocenters. The lowest BCUT2D eigenvalue weighted by Crippen LogP contribution is -2.48. The van der Waals surface area contributed by atoms with Gasteiger partial charge in [-0.05, 0) is 25.0 Å². The zero-order valence-corrected chi connectivity index (χ0v) is 15.0. The fourth-order valence-corrected chi connectivity index (χ4v) is 2.65. The van der Waals surface area contributed by atoms with E-state index in [0.717, 1.165) is 0 Å². The van der Waals surface area contributed by atoms with Gasteiger partial charge < -0.3 is 29.1 Å². The van der Waals surface area contributed by atoms with E-state index in [1.807, 2.05) is 0 Å². The summed E-state index contributed by atoms with van der Waals surface area (Å²) in [7, 11) is 2.95. The van der Waals surface area contributed by atoms with Gasteiger partial charge in [0.25, 0.3) is 0 Å². The molecule has 8 heteroatoms. The molecule has 140 valence electrons. The van der Waals surface area contributed by atoms with E-state index < -0.39 is 23.5 Å². The van der Waals surface area contributed by atoms with Gasteiger partial charge in [-0.2, -0.15) is 0 Å². The van der Waals surface area contributed by atoms with Crippen molar-refractivity contribution in [3.05, 3.63) is 33.7 Å². The molecule has 0 radical (unpaired) electrons. The summed E-state index contributed by atoms with van der Waals surface area (Å²) in [5.74, 6) is -1.11. The van der Waals surface area contributed by atoms with Crippen molar-refractivity contribution in [2.45, 2.75) is 32.7 Å². The highest BCUT2D eigenvalue weighted by Gasteiger charge is 2.19. The summed E-state index contributed by atoms with van der Waals surface area (Å²) < 4.78 is 15.7. The zero-order chi connectivity index (χ0) is 19.4. The van der Waals surface area contributed by atoms with Crippen molar-refractivity contribution in [3.8, 4) is 11.5 Å². The molecule has 1 N–H and O–H groups in total. The van der Waals surface area contributed by atoms with E-state index >= 15 is 0 Å². The minimum Gasteiger partial charge on any atom is -0.548 e. The number of carboxylic acid groups (broad SMARTS) is 1. The van der Waals surface area contributed by atoms with Crippen LogP contribution in [0.2, 0.25) is 0 Å². The molecule has 1 heterocycles. The third-order valence-corrected chi connectivity index (χ3v) is 4.16. The number of hydrogen-bond acceptors (Lipinski definition) is 7. The first-order valence-corrected chi connectivity index (χ1v) is 8.00. The summed E-state index contributed by atoms with van der Waals surface area (Å²) in [5.41, 5.74) is 0.332. The second kappa shape index (κ2) is 7.90. The normalized spacial score (nSPS) is 11.8. The molecule has 0 bridgehead atoms. The number of fused-ring (bicyclic) bond motifs is 1. The van der Waals surface area contributed by atoms with Gasteiger partial charge in [-0.25, -0.2) is 4.79 Å². The topological polar surface area (TPSA) is 118 Å². The molecule has 0 saturated heterocycles. The Labute approximate surface area is 149 Å². The molecule has 0 saturated carbocycles. The summed E-state index contributed by atoms with van der Waals surface area (Å²) in [5, 5.41) is 13.9. The molecule has 1 aromatic carbocycles. The monoisotopic (exact) mass is 362 g/mol. The van der Waals surface area contributed by atoms with E-state index in [1.54, 1.807) is 19.9 Å². The summed E-state index contributed by atoms with van der Waals surface area (Å²) in [4.78, 5) is 35.3. The van der Waals surface area contributed by atoms with Crippen molar-refractivity contribution in [1.29, 1.82) is 0 Å². The van der Waals surface area contributed by atoms with Crippen molar-refractivity contribution < 1.29 is 28.6 Å². The van der Waals surface area contributed by atoms with Crippen molar-refractivity contribution in [2.24, 2.45) is 0 Å². The minimum atomic E-state index is -1.38. The van der Waals surface area contributed by atoms with Crippen LogP contribution < -0.4 is 25.5 Å². The molecular formula is C18H20NO7-. The van der Waals surface area contributed by atoms with E-state index in [9.17, 15) is 19.5 Å². The van der Waals surface area contributed by atoms with Gasteiger partial charge in [0.05, 0.1) is 38.2 Å². The number of nitrogens with one attached hydrogen (secondary N) is 1. The number of benzene rings is 1. The third kappa shape index (κ3) is 3.79. The first-order valence-electron chi connectivity index (χ1n) is 8.00. The van der Waals surface area contributed by atoms with Crippen LogP contribution in [0, 0.1) is 6.92 Å². The van der Waals surface area contributed by atoms with Gasteiger partial charge in [-0.3, -0.25) is 4.79 Å². The summed E-state index contributed by atoms with van der Waals surface area (Å²) in [6, 6.07) is 2.08. The fourth-order valence-electron chi connectivity index (χ4n) is 2.65. The Hall–Kier alpha value is -3.03. The van der Waals surface area contributed by atoms with Gasteiger partial charge in [-0.15, -0.1) is 0 Å². The predicted octanol–water partition coefficient (Wildman–Crippen LogP) is 0.306. The highest BCUT2D eigenvalue weighted by molar-refractivity contribution is 5.88. The molecule has 0 aliphatic heterocycles. The molecule has 1 amide bonds. The molecule has 8 nitrogen and oxygen atoms in total. The molecule has 26 heavy (non-hydrogen) atoms. The van der Waals surface area contributed by atoms with Gasteiger partial charge in [-0.1, -0.05) is 6.92 Å². The second-order valence-corrected chi connectivity index (χ2v) is 5.72. The Morgan fingerprint density at radius 1 is 1.23 bits per heavy atom. The Bertz CT molecular complexity index is 901. The highest BCUT2D eigenvalue weighted by Crippen LogP contribution is 2.33. The van der Waals surface area contributed by atoms with Crippen LogP contribution >= 0.6 is 0 Å². The maximum atomic E-state index is 12.3. The average molecular weight is 362 g/mol. The lowest BCUT2D eigenvalue weighted by Gasteiger charge is -2.18. The molecule has 0 fully saturated rings. The van der Waals surface area contributed by atoms with Crippen molar-refractivity contribution in [1.82, 2.24) is 5.32 Å². The Kier molecular flexibility index (Phi) is 5.86. The van der Waals surface area contributed by atoms with Gasteiger partial charge >= 0.3 is 5.63 Å². The van der Waals surface area contributed by atoms with Crippen LogP contribution in [-0.2, 0) is 16.0 Å². The van der Waals surface area contributed by atoms with Gasteiger partial charge in [0.2, 0.25) is 5.91 Å². The second-order valence-electron chi connectivity index (χ2n) is 5.72. The first-order chi connectivity index (χ1) is 12.3. The number of rotatable bonds is 7. The Balaban J connectivity index is 2.43. The molecule has 0 unspecified atom stereocenters. The zero-order valence-electron chi connectivity index (χ0n) is 15.0. The molecule has 2 rings (SSSR count). The SMILES string of the molecule is CC[C@@H](NC(=O)Cc1c(C)c2cc(OC)c(OC)cc2oc1=O)C(=O)[O-]. The number of hydrogen-bond donors (Lipinski definition) is 1. The lowest BCUT2D eigenvalue weighted by atomic mass is 10.0. The highest BCUT2D eigenvalue weighted by atomic mass is 16.5. The van der Waals surface area contributed by atoms with E-state index in [4.69, 9.17) is 13.9 Å². The van der Waals surface area contributed by atoms with Crippen LogP contribution in [0.3, 0.4) is 0 Å². The summed E-state index contributed by atoms with van der Waals surface area (Å²) in [6.07, 6.45) is -0.126. The van der Waals surface area contributed by atoms with Crippen LogP contribution in [0.1, 0.15) is 24.5 Å². The molecule has 0 spiro atoms. The minimum absolute atomic E-state index is 0.149. The van der Waals surface area contributed by atoms with Gasteiger partial charge in [0.1, 0.15) is 5.58 Å². The number of carbonyl (C=O) groups is 2. The fraction of sp³-hybridized carbons (Fsp3) is 0.389. The van der Waals surface area contributed by atoms with Crippen LogP contribution in [0.25, 0.3) is 11.0 Å². The third-order valence-electron chi connectivity index (χ3n) is 4.16. The maximum Gasteiger partial charge on any atom is 0.340 e. The van der Waals surface area contributed by atoms with E-state index in [0.29, 0.717) is 28.0 Å². The lowest BCUT2D eigenvalue weighted by molar-refractivity contribution is -0.308. The molecule has 0 aliphatic rings. The summed E-state index contributed by atoms with van der Waals surface area (Å²) >= 11 is 0. The molecule has 2 aromatic rings. The molecular weight excluding hydrogens is 342 g/mol. The number of ether oxygens (including phenoxy) is 2. The Morgan fingerprint density at radius 3 is 2.38 bits per heavy atom. The van der Waals surface area contributed by atoms with Crippen molar-refractivity contribution in [3.63, 3.8) is 0 Å².